The summed E-state index contributed by atoms with van der Waals surface area (Å²) in [4.78, 5) is 32.3. The molecule has 0 bridgehead atoms. The van der Waals surface area contributed by atoms with E-state index in [0.717, 1.165) is 12.5 Å². The van der Waals surface area contributed by atoms with Gasteiger partial charge in [-0.2, -0.15) is 13.2 Å². The average Bonchev–Trinajstić information content (AvgIpc) is 3.23. The van der Waals surface area contributed by atoms with E-state index >= 15 is 0 Å². The van der Waals surface area contributed by atoms with E-state index in [1.54, 1.807) is 18.0 Å². The van der Waals surface area contributed by atoms with Crippen LogP contribution >= 0.6 is 11.6 Å². The number of benzene rings is 1. The van der Waals surface area contributed by atoms with Gasteiger partial charge in [-0.1, -0.05) is 18.5 Å². The van der Waals surface area contributed by atoms with Gasteiger partial charge in [0.2, 0.25) is 11.8 Å². The molecule has 1 aromatic heterocycles. The Bertz CT molecular complexity index is 1100. The average molecular weight is 511 g/mol. The number of aromatic nitrogens is 1. The molecule has 1 N–H and O–H groups in total. The minimum Gasteiger partial charge on any atom is -0.371 e. The third kappa shape index (κ3) is 5.50. The fraction of sp³-hybridized carbons (Fsp3) is 0.560. The molecule has 0 unspecified atom stereocenters. The molecule has 1 saturated heterocycles. The van der Waals surface area contributed by atoms with Gasteiger partial charge in [-0.3, -0.25) is 9.59 Å². The number of carbonyl (C=O) groups excluding carboxylic acids is 2. The molecule has 2 heterocycles. The highest BCUT2D eigenvalue weighted by molar-refractivity contribution is 6.31. The smallest absolute Gasteiger partial charge is 0.371 e. The number of hydrogen-bond donors (Lipinski definition) is 1. The van der Waals surface area contributed by atoms with E-state index in [0.29, 0.717) is 61.2 Å². The number of carbonyl (C=O) groups is 2. The van der Waals surface area contributed by atoms with Crippen molar-refractivity contribution in [1.82, 2.24) is 15.2 Å². The van der Waals surface area contributed by atoms with Crippen LogP contribution in [0.15, 0.2) is 24.3 Å². The first-order chi connectivity index (χ1) is 16.6. The molecule has 10 heteroatoms. The second-order valence-corrected chi connectivity index (χ2v) is 9.86. The zero-order valence-electron chi connectivity index (χ0n) is 19.9. The molecule has 0 spiro atoms. The van der Waals surface area contributed by atoms with Crippen molar-refractivity contribution in [3.63, 3.8) is 0 Å². The Hall–Kier alpha value is -2.55. The maximum atomic E-state index is 13.5. The van der Waals surface area contributed by atoms with Gasteiger partial charge in [0.1, 0.15) is 11.7 Å². The number of hydrogen-bond acceptors (Lipinski definition) is 4. The Balaban J connectivity index is 1.45. The summed E-state index contributed by atoms with van der Waals surface area (Å²) in [6.45, 7) is 2.52. The lowest BCUT2D eigenvalue weighted by Gasteiger charge is -2.37. The van der Waals surface area contributed by atoms with Crippen molar-refractivity contribution in [2.75, 3.05) is 18.5 Å². The number of anilines is 1. The second-order valence-electron chi connectivity index (χ2n) is 9.43. The molecule has 2 fully saturated rings. The molecule has 2 aliphatic rings. The molecule has 4 rings (SSSR count). The van der Waals surface area contributed by atoms with E-state index in [4.69, 9.17) is 11.6 Å². The molecule has 0 radical (unpaired) electrons. The fourth-order valence-electron chi connectivity index (χ4n) is 5.26. The van der Waals surface area contributed by atoms with Crippen LogP contribution in [0.25, 0.3) is 10.9 Å². The molecule has 1 aliphatic carbocycles. The van der Waals surface area contributed by atoms with Gasteiger partial charge >= 0.3 is 6.18 Å². The van der Waals surface area contributed by atoms with E-state index in [2.05, 4.69) is 10.3 Å². The number of amides is 2. The van der Waals surface area contributed by atoms with Gasteiger partial charge in [0.05, 0.1) is 5.52 Å². The summed E-state index contributed by atoms with van der Waals surface area (Å²) in [7, 11) is 1.80. The highest BCUT2D eigenvalue weighted by atomic mass is 35.5. The quantitative estimate of drug-likeness (QED) is 0.582. The van der Waals surface area contributed by atoms with Crippen LogP contribution in [-0.4, -0.2) is 53.4 Å². The first kappa shape index (κ1) is 25.5. The van der Waals surface area contributed by atoms with Gasteiger partial charge in [-0.25, -0.2) is 4.98 Å². The topological polar surface area (TPSA) is 65.5 Å². The third-order valence-electron chi connectivity index (χ3n) is 7.19. The van der Waals surface area contributed by atoms with E-state index in [-0.39, 0.29) is 29.4 Å². The summed E-state index contributed by atoms with van der Waals surface area (Å²) < 4.78 is 40.5. The summed E-state index contributed by atoms with van der Waals surface area (Å²) in [5.41, 5.74) is -0.248. The normalized spacial score (nSPS) is 21.9. The maximum absolute atomic E-state index is 13.5. The highest BCUT2D eigenvalue weighted by Crippen LogP contribution is 2.37. The minimum atomic E-state index is -4.56. The second kappa shape index (κ2) is 10.2. The third-order valence-corrected chi connectivity index (χ3v) is 7.42. The Kier molecular flexibility index (Phi) is 7.45. The summed E-state index contributed by atoms with van der Waals surface area (Å²) in [6.07, 6.45) is 0.130. The molecule has 1 saturated carbocycles. The van der Waals surface area contributed by atoms with Gasteiger partial charge in [0.15, 0.2) is 0 Å². The summed E-state index contributed by atoms with van der Waals surface area (Å²) in [6, 6.07) is 5.32. The number of halogens is 4. The Morgan fingerprint density at radius 2 is 1.97 bits per heavy atom. The summed E-state index contributed by atoms with van der Waals surface area (Å²) in [5, 5.41) is 4.11. The standard InChI is InChI=1S/C25H30ClF3N4O2/c1-3-20(33-12-4-5-23(33)34)24(35)30-16-7-9-17(10-8-16)32(2)21-14-22(25(27,28)29)31-19-11-6-15(26)13-18(19)21/h6,11,13-14,16-17,20H,3-5,7-10,12H2,1-2H3,(H,30,35)/t16?,17?,20-/m0/s1. The van der Waals surface area contributed by atoms with Crippen molar-refractivity contribution in [2.24, 2.45) is 0 Å². The lowest BCUT2D eigenvalue weighted by atomic mass is 9.89. The van der Waals surface area contributed by atoms with Gasteiger partial charge in [-0.15, -0.1) is 0 Å². The van der Waals surface area contributed by atoms with E-state index in [9.17, 15) is 22.8 Å². The molecule has 190 valence electrons. The zero-order valence-corrected chi connectivity index (χ0v) is 20.6. The Morgan fingerprint density at radius 3 is 2.57 bits per heavy atom. The molecule has 35 heavy (non-hydrogen) atoms. The monoisotopic (exact) mass is 510 g/mol. The number of alkyl halides is 3. The molecule has 1 aliphatic heterocycles. The van der Waals surface area contributed by atoms with E-state index in [1.165, 1.54) is 12.1 Å². The van der Waals surface area contributed by atoms with Crippen molar-refractivity contribution in [3.05, 3.63) is 35.0 Å². The highest BCUT2D eigenvalue weighted by Gasteiger charge is 2.36. The van der Waals surface area contributed by atoms with Crippen molar-refractivity contribution in [2.45, 2.75) is 76.2 Å². The molecule has 1 atom stereocenters. The molecule has 2 amide bonds. The predicted octanol–water partition coefficient (Wildman–Crippen LogP) is 5.17. The van der Waals surface area contributed by atoms with Crippen molar-refractivity contribution in [3.8, 4) is 0 Å². The molecular weight excluding hydrogens is 481 g/mol. The van der Waals surface area contributed by atoms with Gasteiger partial charge in [0, 0.05) is 48.2 Å². The summed E-state index contributed by atoms with van der Waals surface area (Å²) in [5.74, 6) is -0.0932. The minimum absolute atomic E-state index is 0.0101. The number of pyridine rings is 1. The number of fused-ring (bicyclic) bond motifs is 1. The van der Waals surface area contributed by atoms with Crippen LogP contribution in [-0.2, 0) is 15.8 Å². The van der Waals surface area contributed by atoms with Crippen LogP contribution < -0.4 is 10.2 Å². The lowest BCUT2D eigenvalue weighted by molar-refractivity contribution is -0.141. The van der Waals surface area contributed by atoms with E-state index < -0.39 is 17.9 Å². The van der Waals surface area contributed by atoms with Gasteiger partial charge < -0.3 is 15.1 Å². The molecule has 2 aromatic rings. The number of nitrogens with zero attached hydrogens (tertiary/aromatic N) is 3. The first-order valence-electron chi connectivity index (χ1n) is 12.1. The van der Waals surface area contributed by atoms with Crippen LogP contribution in [0.1, 0.15) is 57.6 Å². The lowest BCUT2D eigenvalue weighted by Crippen LogP contribution is -2.51. The molecule has 6 nitrogen and oxygen atoms in total. The summed E-state index contributed by atoms with van der Waals surface area (Å²) >= 11 is 6.14. The van der Waals surface area contributed by atoms with E-state index in [1.807, 2.05) is 11.8 Å². The van der Waals surface area contributed by atoms with Crippen LogP contribution in [0.5, 0.6) is 0 Å². The van der Waals surface area contributed by atoms with Crippen LogP contribution in [0.4, 0.5) is 18.9 Å². The maximum Gasteiger partial charge on any atom is 0.433 e. The van der Waals surface area contributed by atoms with Crippen LogP contribution in [0, 0.1) is 0 Å². The van der Waals surface area contributed by atoms with Crippen molar-refractivity contribution < 1.29 is 22.8 Å². The van der Waals surface area contributed by atoms with Gasteiger partial charge in [-0.05, 0) is 62.8 Å². The first-order valence-corrected chi connectivity index (χ1v) is 12.5. The Labute approximate surface area is 207 Å². The van der Waals surface area contributed by atoms with Crippen LogP contribution in [0.3, 0.4) is 0 Å². The SMILES string of the molecule is CC[C@@H](C(=O)NC1CCC(N(C)c2cc(C(F)(F)F)nc3ccc(Cl)cc23)CC1)N1CCCC1=O. The number of nitrogens with one attached hydrogen (secondary N) is 1. The Morgan fingerprint density at radius 1 is 1.26 bits per heavy atom. The number of rotatable bonds is 6. The zero-order chi connectivity index (χ0) is 25.3. The van der Waals surface area contributed by atoms with Gasteiger partial charge in [0.25, 0.3) is 0 Å². The molecular formula is C25H30ClF3N4O2. The largest absolute Gasteiger partial charge is 0.433 e. The number of likely N-dealkylation sites (tertiary alicyclic amines) is 1. The van der Waals surface area contributed by atoms with Crippen molar-refractivity contribution >= 4 is 40.0 Å². The van der Waals surface area contributed by atoms with Crippen molar-refractivity contribution in [1.29, 1.82) is 0 Å². The van der Waals surface area contributed by atoms with Crippen LogP contribution in [0.2, 0.25) is 5.02 Å². The predicted molar refractivity (Wildman–Crippen MR) is 129 cm³/mol. The fourth-order valence-corrected chi connectivity index (χ4v) is 5.44. The molecule has 1 aromatic carbocycles.